The van der Waals surface area contributed by atoms with Crippen LogP contribution in [0, 0.1) is 5.92 Å². The third-order valence-corrected chi connectivity index (χ3v) is 2.22. The lowest BCUT2D eigenvalue weighted by molar-refractivity contribution is 0.119. The molecule has 0 amide bonds. The number of aliphatic hydroxyl groups is 1. The van der Waals surface area contributed by atoms with Gasteiger partial charge in [-0.2, -0.15) is 0 Å². The predicted octanol–water partition coefficient (Wildman–Crippen LogP) is 2.11. The Kier molecular flexibility index (Phi) is 2.94. The number of hydrogen-bond acceptors (Lipinski definition) is 1. The summed E-state index contributed by atoms with van der Waals surface area (Å²) < 4.78 is 0. The molecule has 0 unspecified atom stereocenters. The monoisotopic (exact) mass is 140 g/mol. The normalized spacial score (nSPS) is 33.8. The molecule has 0 fully saturated rings. The lowest BCUT2D eigenvalue weighted by atomic mass is 9.98. The lowest BCUT2D eigenvalue weighted by Crippen LogP contribution is -2.16. The Balaban J connectivity index is 2.48. The quantitative estimate of drug-likeness (QED) is 0.553. The highest BCUT2D eigenvalue weighted by Crippen LogP contribution is 2.19. The minimum absolute atomic E-state index is 0.0799. The second-order valence-corrected chi connectivity index (χ2v) is 3.00. The smallest absolute Gasteiger partial charge is 0.0602 e. The van der Waals surface area contributed by atoms with Crippen LogP contribution < -0.4 is 0 Å². The largest absolute Gasteiger partial charge is 0.393 e. The first-order valence-electron chi connectivity index (χ1n) is 4.19. The van der Waals surface area contributed by atoms with Crippen molar-refractivity contribution in [2.24, 2.45) is 5.92 Å². The summed E-state index contributed by atoms with van der Waals surface area (Å²) in [4.78, 5) is 0. The van der Waals surface area contributed by atoms with Crippen LogP contribution in [0.5, 0.6) is 0 Å². The molecule has 0 saturated carbocycles. The van der Waals surface area contributed by atoms with Gasteiger partial charge in [0.2, 0.25) is 0 Å². The average Bonchev–Trinajstić information content (AvgIpc) is 2.13. The van der Waals surface area contributed by atoms with Crippen molar-refractivity contribution in [2.45, 2.75) is 38.7 Å². The SMILES string of the molecule is CC[C@@H]1C=CCCC[C@@H]1O. The second-order valence-electron chi connectivity index (χ2n) is 3.00. The zero-order valence-corrected chi connectivity index (χ0v) is 6.59. The first-order chi connectivity index (χ1) is 4.84. The number of allylic oxidation sites excluding steroid dienone is 1. The van der Waals surface area contributed by atoms with Crippen molar-refractivity contribution in [3.8, 4) is 0 Å². The summed E-state index contributed by atoms with van der Waals surface area (Å²) in [6.45, 7) is 2.13. The molecule has 58 valence electrons. The van der Waals surface area contributed by atoms with Gasteiger partial charge in [-0.3, -0.25) is 0 Å². The van der Waals surface area contributed by atoms with Gasteiger partial charge in [-0.1, -0.05) is 19.1 Å². The molecular formula is C9H16O. The Morgan fingerprint density at radius 1 is 1.60 bits per heavy atom. The summed E-state index contributed by atoms with van der Waals surface area (Å²) in [6, 6.07) is 0. The summed E-state index contributed by atoms with van der Waals surface area (Å²) in [5, 5.41) is 9.50. The maximum absolute atomic E-state index is 9.50. The Morgan fingerprint density at radius 3 is 3.10 bits per heavy atom. The van der Waals surface area contributed by atoms with Crippen molar-refractivity contribution in [3.63, 3.8) is 0 Å². The summed E-state index contributed by atoms with van der Waals surface area (Å²) in [5.41, 5.74) is 0. The topological polar surface area (TPSA) is 20.2 Å². The van der Waals surface area contributed by atoms with Gasteiger partial charge in [0.1, 0.15) is 0 Å². The molecule has 1 rings (SSSR count). The van der Waals surface area contributed by atoms with Crippen LogP contribution in [0.1, 0.15) is 32.6 Å². The molecule has 1 nitrogen and oxygen atoms in total. The molecule has 0 aromatic heterocycles. The van der Waals surface area contributed by atoms with E-state index in [1.807, 2.05) is 0 Å². The third kappa shape index (κ3) is 1.84. The van der Waals surface area contributed by atoms with Gasteiger partial charge in [-0.15, -0.1) is 0 Å². The van der Waals surface area contributed by atoms with E-state index in [2.05, 4.69) is 19.1 Å². The minimum Gasteiger partial charge on any atom is -0.393 e. The zero-order chi connectivity index (χ0) is 7.40. The van der Waals surface area contributed by atoms with Crippen LogP contribution in [0.25, 0.3) is 0 Å². The van der Waals surface area contributed by atoms with Gasteiger partial charge >= 0.3 is 0 Å². The van der Waals surface area contributed by atoms with Crippen LogP contribution in [0.3, 0.4) is 0 Å². The Bertz CT molecular complexity index is 118. The summed E-state index contributed by atoms with van der Waals surface area (Å²) >= 11 is 0. The molecule has 1 N–H and O–H groups in total. The standard InChI is InChI=1S/C9H16O/c1-2-8-6-4-3-5-7-9(8)10/h4,6,8-10H,2-3,5,7H2,1H3/t8-,9+/m1/s1. The molecule has 1 aliphatic carbocycles. The first kappa shape index (κ1) is 7.80. The van der Waals surface area contributed by atoms with Crippen LogP contribution in [0.4, 0.5) is 0 Å². The number of hydrogen-bond donors (Lipinski definition) is 1. The predicted molar refractivity (Wildman–Crippen MR) is 42.8 cm³/mol. The highest BCUT2D eigenvalue weighted by Gasteiger charge is 2.15. The van der Waals surface area contributed by atoms with E-state index in [0.717, 1.165) is 25.7 Å². The lowest BCUT2D eigenvalue weighted by Gasteiger charge is -2.15. The molecule has 0 spiro atoms. The van der Waals surface area contributed by atoms with E-state index >= 15 is 0 Å². The molecule has 0 aromatic carbocycles. The fourth-order valence-electron chi connectivity index (χ4n) is 1.47. The van der Waals surface area contributed by atoms with Crippen LogP contribution in [0.2, 0.25) is 0 Å². The van der Waals surface area contributed by atoms with Crippen LogP contribution in [-0.4, -0.2) is 11.2 Å². The van der Waals surface area contributed by atoms with Crippen molar-refractivity contribution in [3.05, 3.63) is 12.2 Å². The van der Waals surface area contributed by atoms with Crippen molar-refractivity contribution < 1.29 is 5.11 Å². The second kappa shape index (κ2) is 3.77. The third-order valence-electron chi connectivity index (χ3n) is 2.22. The summed E-state index contributed by atoms with van der Waals surface area (Å²) in [6.07, 6.45) is 8.62. The van der Waals surface area contributed by atoms with Gasteiger partial charge in [0.05, 0.1) is 6.10 Å². The molecule has 0 bridgehead atoms. The van der Waals surface area contributed by atoms with E-state index in [0.29, 0.717) is 5.92 Å². The Labute approximate surface area is 62.8 Å². The average molecular weight is 140 g/mol. The number of aliphatic hydroxyl groups excluding tert-OH is 1. The molecule has 1 aliphatic rings. The van der Waals surface area contributed by atoms with Gasteiger partial charge in [-0.05, 0) is 25.7 Å². The number of rotatable bonds is 1. The Morgan fingerprint density at radius 2 is 2.40 bits per heavy atom. The van der Waals surface area contributed by atoms with E-state index in [4.69, 9.17) is 0 Å². The van der Waals surface area contributed by atoms with Crippen molar-refractivity contribution >= 4 is 0 Å². The molecule has 0 saturated heterocycles. The van der Waals surface area contributed by atoms with Crippen molar-refractivity contribution in [2.75, 3.05) is 0 Å². The summed E-state index contributed by atoms with van der Waals surface area (Å²) in [5.74, 6) is 0.419. The van der Waals surface area contributed by atoms with Gasteiger partial charge in [-0.25, -0.2) is 0 Å². The van der Waals surface area contributed by atoms with E-state index < -0.39 is 0 Å². The minimum atomic E-state index is -0.0799. The molecular weight excluding hydrogens is 124 g/mol. The highest BCUT2D eigenvalue weighted by atomic mass is 16.3. The highest BCUT2D eigenvalue weighted by molar-refractivity contribution is 4.94. The van der Waals surface area contributed by atoms with Crippen LogP contribution in [0.15, 0.2) is 12.2 Å². The van der Waals surface area contributed by atoms with Gasteiger partial charge < -0.3 is 5.11 Å². The molecule has 2 atom stereocenters. The van der Waals surface area contributed by atoms with Gasteiger partial charge in [0.25, 0.3) is 0 Å². The molecule has 0 radical (unpaired) electrons. The summed E-state index contributed by atoms with van der Waals surface area (Å²) in [7, 11) is 0. The van der Waals surface area contributed by atoms with E-state index in [9.17, 15) is 5.11 Å². The van der Waals surface area contributed by atoms with Crippen molar-refractivity contribution in [1.82, 2.24) is 0 Å². The van der Waals surface area contributed by atoms with Gasteiger partial charge in [0.15, 0.2) is 0 Å². The van der Waals surface area contributed by atoms with Crippen LogP contribution in [-0.2, 0) is 0 Å². The van der Waals surface area contributed by atoms with Crippen LogP contribution >= 0.6 is 0 Å². The zero-order valence-electron chi connectivity index (χ0n) is 6.59. The van der Waals surface area contributed by atoms with E-state index in [1.165, 1.54) is 0 Å². The fraction of sp³-hybridized carbons (Fsp3) is 0.778. The van der Waals surface area contributed by atoms with Gasteiger partial charge in [0, 0.05) is 5.92 Å². The van der Waals surface area contributed by atoms with Crippen molar-refractivity contribution in [1.29, 1.82) is 0 Å². The first-order valence-corrected chi connectivity index (χ1v) is 4.19. The fourth-order valence-corrected chi connectivity index (χ4v) is 1.47. The van der Waals surface area contributed by atoms with E-state index in [1.54, 1.807) is 0 Å². The molecule has 0 aliphatic heterocycles. The molecule has 0 heterocycles. The molecule has 10 heavy (non-hydrogen) atoms. The maximum Gasteiger partial charge on any atom is 0.0602 e. The molecule has 1 heteroatoms. The maximum atomic E-state index is 9.50. The Hall–Kier alpha value is -0.300. The molecule has 0 aromatic rings. The van der Waals surface area contributed by atoms with E-state index in [-0.39, 0.29) is 6.10 Å².